The molecule has 0 atom stereocenters. The first-order valence-electron chi connectivity index (χ1n) is 6.50. The van der Waals surface area contributed by atoms with Crippen molar-refractivity contribution in [2.24, 2.45) is 0 Å². The fourth-order valence-corrected chi connectivity index (χ4v) is 1.32. The Morgan fingerprint density at radius 1 is 1.11 bits per heavy atom. The minimum atomic E-state index is -0.663. The van der Waals surface area contributed by atoms with Gasteiger partial charge in [-0.15, -0.1) is 0 Å². The summed E-state index contributed by atoms with van der Waals surface area (Å²) in [7, 11) is 1.31. The number of esters is 1. The summed E-state index contributed by atoms with van der Waals surface area (Å²) >= 11 is 0. The molecule has 0 rings (SSSR count). The van der Waals surface area contributed by atoms with Crippen molar-refractivity contribution >= 4 is 11.9 Å². The third-order valence-electron chi connectivity index (χ3n) is 2.36. The van der Waals surface area contributed by atoms with E-state index in [2.05, 4.69) is 18.2 Å². The zero-order valence-electron chi connectivity index (χ0n) is 11.9. The van der Waals surface area contributed by atoms with Gasteiger partial charge in [-0.25, -0.2) is 4.79 Å². The van der Waals surface area contributed by atoms with Gasteiger partial charge in [0.15, 0.2) is 0 Å². The van der Waals surface area contributed by atoms with Gasteiger partial charge >= 0.3 is 11.9 Å². The molecule has 0 saturated carbocycles. The molecule has 0 amide bonds. The van der Waals surface area contributed by atoms with Crippen LogP contribution < -0.4 is 0 Å². The number of aliphatic carboxylic acids is 1. The second-order valence-electron chi connectivity index (χ2n) is 3.99. The predicted molar refractivity (Wildman–Crippen MR) is 72.5 cm³/mol. The van der Waals surface area contributed by atoms with Crippen LogP contribution in [0.3, 0.4) is 0 Å². The van der Waals surface area contributed by atoms with Gasteiger partial charge in [-0.1, -0.05) is 52.0 Å². The van der Waals surface area contributed by atoms with Gasteiger partial charge in [0.2, 0.25) is 0 Å². The number of carbonyl (C=O) groups excluding carboxylic acids is 1. The fourth-order valence-electron chi connectivity index (χ4n) is 1.32. The van der Waals surface area contributed by atoms with Gasteiger partial charge in [-0.05, 0) is 6.42 Å². The van der Waals surface area contributed by atoms with E-state index >= 15 is 0 Å². The van der Waals surface area contributed by atoms with Crippen molar-refractivity contribution in [2.45, 2.75) is 58.3 Å². The average Bonchev–Trinajstić information content (AvgIpc) is 2.37. The summed E-state index contributed by atoms with van der Waals surface area (Å²) in [5.41, 5.74) is 0. The first kappa shape index (κ1) is 23.3. The van der Waals surface area contributed by atoms with Crippen molar-refractivity contribution in [1.82, 2.24) is 0 Å². The van der Waals surface area contributed by atoms with Crippen molar-refractivity contribution in [3.8, 4) is 0 Å². The number of hydrogen-bond donors (Lipinski definition) is 1. The Balaban J connectivity index is -0.000000313. The van der Waals surface area contributed by atoms with E-state index in [1.807, 2.05) is 0 Å². The van der Waals surface area contributed by atoms with Crippen molar-refractivity contribution in [1.29, 1.82) is 0 Å². The van der Waals surface area contributed by atoms with Gasteiger partial charge in [-0.2, -0.15) is 0 Å². The number of carboxylic acids is 1. The molecule has 0 aromatic rings. The van der Waals surface area contributed by atoms with Crippen molar-refractivity contribution in [3.05, 3.63) is 12.7 Å². The quantitative estimate of drug-likeness (QED) is 0.305. The molecule has 0 aromatic carbocycles. The number of rotatable bonds is 9. The number of hydrogen-bond acceptors (Lipinski definition) is 3. The Kier molecular flexibility index (Phi) is 24.0. The van der Waals surface area contributed by atoms with Gasteiger partial charge < -0.3 is 9.84 Å². The molecule has 0 heterocycles. The van der Waals surface area contributed by atoms with E-state index in [-0.39, 0.29) is 17.1 Å². The molecule has 0 aromatic heterocycles. The van der Waals surface area contributed by atoms with E-state index < -0.39 is 11.9 Å². The third-order valence-corrected chi connectivity index (χ3v) is 2.36. The molecule has 0 fully saturated rings. The molecule has 0 aliphatic carbocycles. The topological polar surface area (TPSA) is 63.6 Å². The number of carboxylic acid groups (broad SMARTS) is 1. The largest absolute Gasteiger partial charge is 0.481 e. The summed E-state index contributed by atoms with van der Waals surface area (Å²) in [5.74, 6) is -1.06. The predicted octanol–water partition coefficient (Wildman–Crippen LogP) is 3.55. The fraction of sp³-hybridized carbons (Fsp3) is 0.714. The molecular formula is C14H26CuO4. The molecule has 117 valence electrons. The van der Waals surface area contributed by atoms with Crippen LogP contribution in [0.4, 0.5) is 0 Å². The van der Waals surface area contributed by atoms with Crippen molar-refractivity contribution < 1.29 is 36.5 Å². The van der Waals surface area contributed by atoms with E-state index in [1.54, 1.807) is 0 Å². The molecule has 19 heavy (non-hydrogen) atoms. The van der Waals surface area contributed by atoms with Crippen molar-refractivity contribution in [3.63, 3.8) is 0 Å². The van der Waals surface area contributed by atoms with E-state index in [0.29, 0.717) is 6.42 Å². The van der Waals surface area contributed by atoms with Crippen LogP contribution in [-0.4, -0.2) is 24.2 Å². The summed E-state index contributed by atoms with van der Waals surface area (Å²) in [4.78, 5) is 20.0. The maximum atomic E-state index is 10.1. The second-order valence-corrected chi connectivity index (χ2v) is 3.99. The van der Waals surface area contributed by atoms with Crippen LogP contribution in [0.5, 0.6) is 0 Å². The van der Waals surface area contributed by atoms with Gasteiger partial charge in [0, 0.05) is 29.6 Å². The maximum Gasteiger partial charge on any atom is 0.329 e. The molecule has 0 aliphatic rings. The molecule has 1 N–H and O–H groups in total. The SMILES string of the molecule is C=CC(=O)OC.CCCCCCCCCC(=O)O.[Cu]. The van der Waals surface area contributed by atoms with Crippen LogP contribution in [0, 0.1) is 0 Å². The molecule has 5 heteroatoms. The van der Waals surface area contributed by atoms with E-state index in [4.69, 9.17) is 5.11 Å². The first-order chi connectivity index (χ1) is 8.58. The number of unbranched alkanes of at least 4 members (excludes halogenated alkanes) is 6. The Morgan fingerprint density at radius 2 is 1.58 bits per heavy atom. The van der Waals surface area contributed by atoms with Crippen molar-refractivity contribution in [2.75, 3.05) is 7.11 Å². The van der Waals surface area contributed by atoms with Gasteiger partial charge in [0.05, 0.1) is 7.11 Å². The number of carbonyl (C=O) groups is 2. The Morgan fingerprint density at radius 3 is 1.89 bits per heavy atom. The summed E-state index contributed by atoms with van der Waals surface area (Å²) in [5, 5.41) is 8.35. The number of methoxy groups -OCH3 is 1. The molecule has 0 bridgehead atoms. The normalized spacial score (nSPS) is 8.53. The van der Waals surface area contributed by atoms with Crippen LogP contribution in [0.2, 0.25) is 0 Å². The third kappa shape index (κ3) is 26.7. The molecule has 0 spiro atoms. The van der Waals surface area contributed by atoms with Crippen LogP contribution in [-0.2, 0) is 31.4 Å². The van der Waals surface area contributed by atoms with Crippen LogP contribution in [0.25, 0.3) is 0 Å². The molecule has 0 unspecified atom stereocenters. The number of ether oxygens (including phenoxy) is 1. The Bertz CT molecular complexity index is 229. The van der Waals surface area contributed by atoms with E-state index in [1.165, 1.54) is 39.2 Å². The molecule has 1 radical (unpaired) electrons. The standard InChI is InChI=1S/C10H20O2.C4H6O2.Cu/c1-2-3-4-5-6-7-8-9-10(11)12;1-3-4(5)6-2;/h2-9H2,1H3,(H,11,12);3H,1H2,2H3;. The van der Waals surface area contributed by atoms with E-state index in [0.717, 1.165) is 18.9 Å². The second kappa shape index (κ2) is 19.5. The minimum Gasteiger partial charge on any atom is -0.481 e. The minimum absolute atomic E-state index is 0. The molecule has 4 nitrogen and oxygen atoms in total. The Labute approximate surface area is 127 Å². The molecule has 0 saturated heterocycles. The smallest absolute Gasteiger partial charge is 0.329 e. The van der Waals surface area contributed by atoms with E-state index in [9.17, 15) is 9.59 Å². The summed E-state index contributed by atoms with van der Waals surface area (Å²) < 4.78 is 4.14. The van der Waals surface area contributed by atoms with Crippen LogP contribution in [0.15, 0.2) is 12.7 Å². The molecular weight excluding hydrogens is 296 g/mol. The average molecular weight is 322 g/mol. The summed E-state index contributed by atoms with van der Waals surface area (Å²) in [6, 6.07) is 0. The van der Waals surface area contributed by atoms with Crippen LogP contribution in [0.1, 0.15) is 58.3 Å². The monoisotopic (exact) mass is 321 g/mol. The van der Waals surface area contributed by atoms with Gasteiger partial charge in [0.25, 0.3) is 0 Å². The van der Waals surface area contributed by atoms with Crippen LogP contribution >= 0.6 is 0 Å². The Hall–Kier alpha value is -0.801. The van der Waals surface area contributed by atoms with Gasteiger partial charge in [-0.3, -0.25) is 4.79 Å². The molecule has 0 aliphatic heterocycles. The zero-order valence-corrected chi connectivity index (χ0v) is 12.9. The zero-order chi connectivity index (χ0) is 14.2. The van der Waals surface area contributed by atoms with Gasteiger partial charge in [0.1, 0.15) is 0 Å². The summed E-state index contributed by atoms with van der Waals surface area (Å²) in [6.07, 6.45) is 9.75. The first-order valence-corrected chi connectivity index (χ1v) is 6.50. The maximum absolute atomic E-state index is 10.1. The summed E-state index contributed by atoms with van der Waals surface area (Å²) in [6.45, 7) is 5.36.